The van der Waals surface area contributed by atoms with Gasteiger partial charge in [0, 0.05) is 11.3 Å². The second-order valence-corrected chi connectivity index (χ2v) is 4.91. The van der Waals surface area contributed by atoms with Crippen LogP contribution in [0.4, 0.5) is 5.69 Å². The molecule has 0 spiro atoms. The molecule has 0 aliphatic heterocycles. The fourth-order valence-electron chi connectivity index (χ4n) is 2.52. The molecule has 20 heavy (non-hydrogen) atoms. The van der Waals surface area contributed by atoms with E-state index >= 15 is 0 Å². The van der Waals surface area contributed by atoms with Gasteiger partial charge in [-0.3, -0.25) is 14.4 Å². The Morgan fingerprint density at radius 3 is 2.25 bits per heavy atom. The van der Waals surface area contributed by atoms with Crippen LogP contribution in [0.5, 0.6) is 0 Å². The highest BCUT2D eigenvalue weighted by Crippen LogP contribution is 2.32. The van der Waals surface area contributed by atoms with Gasteiger partial charge >= 0.3 is 5.97 Å². The second-order valence-electron chi connectivity index (χ2n) is 4.91. The van der Waals surface area contributed by atoms with E-state index in [4.69, 9.17) is 10.8 Å². The summed E-state index contributed by atoms with van der Waals surface area (Å²) in [6, 6.07) is 6.17. The summed E-state index contributed by atoms with van der Waals surface area (Å²) in [4.78, 5) is 34.1. The topological polar surface area (TPSA) is 109 Å². The van der Waals surface area contributed by atoms with Crippen LogP contribution in [0.25, 0.3) is 0 Å². The number of amides is 2. The molecule has 1 aromatic carbocycles. The number of hydrogen-bond donors (Lipinski definition) is 3. The van der Waals surface area contributed by atoms with E-state index in [0.717, 1.165) is 6.42 Å². The lowest BCUT2D eigenvalue weighted by molar-refractivity contribution is -0.145. The summed E-state index contributed by atoms with van der Waals surface area (Å²) < 4.78 is 0. The first-order chi connectivity index (χ1) is 9.49. The first-order valence-corrected chi connectivity index (χ1v) is 6.42. The minimum atomic E-state index is -0.924. The molecule has 1 aliphatic carbocycles. The average molecular weight is 276 g/mol. The Morgan fingerprint density at radius 2 is 1.70 bits per heavy atom. The van der Waals surface area contributed by atoms with Gasteiger partial charge in [0.1, 0.15) is 0 Å². The summed E-state index contributed by atoms with van der Waals surface area (Å²) in [5, 5.41) is 11.7. The summed E-state index contributed by atoms with van der Waals surface area (Å²) in [5.41, 5.74) is 6.00. The minimum absolute atomic E-state index is 0.290. The van der Waals surface area contributed by atoms with E-state index in [1.807, 2.05) is 0 Å². The van der Waals surface area contributed by atoms with E-state index in [1.54, 1.807) is 12.1 Å². The zero-order valence-electron chi connectivity index (χ0n) is 10.8. The predicted molar refractivity (Wildman–Crippen MR) is 72.1 cm³/mol. The van der Waals surface area contributed by atoms with Gasteiger partial charge in [-0.2, -0.15) is 0 Å². The summed E-state index contributed by atoms with van der Waals surface area (Å²) in [5.74, 6) is -2.86. The Hall–Kier alpha value is -2.37. The van der Waals surface area contributed by atoms with Crippen molar-refractivity contribution in [2.45, 2.75) is 19.3 Å². The van der Waals surface area contributed by atoms with Crippen molar-refractivity contribution in [3.8, 4) is 0 Å². The number of anilines is 1. The van der Waals surface area contributed by atoms with Crippen molar-refractivity contribution in [3.63, 3.8) is 0 Å². The molecule has 2 rings (SSSR count). The lowest BCUT2D eigenvalue weighted by Gasteiger charge is -2.15. The predicted octanol–water partition coefficient (Wildman–Crippen LogP) is 1.22. The maximum Gasteiger partial charge on any atom is 0.307 e. The molecule has 2 amide bonds. The van der Waals surface area contributed by atoms with Crippen LogP contribution in [0.3, 0.4) is 0 Å². The number of benzene rings is 1. The second kappa shape index (κ2) is 5.73. The zero-order chi connectivity index (χ0) is 14.7. The van der Waals surface area contributed by atoms with Gasteiger partial charge in [-0.1, -0.05) is 6.42 Å². The van der Waals surface area contributed by atoms with Crippen molar-refractivity contribution < 1.29 is 19.5 Å². The molecule has 1 saturated carbocycles. The standard InChI is InChI=1S/C14H16N2O4/c15-12(17)8-4-6-9(7-5-8)16-13(18)10-2-1-3-11(10)14(19)20/h4-7,10-11H,1-3H2,(H2,15,17)(H,16,18)(H,19,20)/t10-,11+/m1/s1. The Balaban J connectivity index is 2.04. The highest BCUT2D eigenvalue weighted by molar-refractivity contribution is 5.96. The molecule has 1 aromatic rings. The van der Waals surface area contributed by atoms with Crippen LogP contribution >= 0.6 is 0 Å². The Bertz CT molecular complexity index is 539. The number of carboxylic acid groups (broad SMARTS) is 1. The summed E-state index contributed by atoms with van der Waals surface area (Å²) in [6.45, 7) is 0. The zero-order valence-corrected chi connectivity index (χ0v) is 10.8. The van der Waals surface area contributed by atoms with Crippen LogP contribution < -0.4 is 11.1 Å². The van der Waals surface area contributed by atoms with Gasteiger partial charge in [0.05, 0.1) is 11.8 Å². The molecule has 0 saturated heterocycles. The number of nitrogens with one attached hydrogen (secondary N) is 1. The van der Waals surface area contributed by atoms with E-state index in [9.17, 15) is 14.4 Å². The highest BCUT2D eigenvalue weighted by Gasteiger charge is 2.37. The van der Waals surface area contributed by atoms with Crippen molar-refractivity contribution in [1.82, 2.24) is 0 Å². The van der Waals surface area contributed by atoms with Crippen LogP contribution in [0.1, 0.15) is 29.6 Å². The fraction of sp³-hybridized carbons (Fsp3) is 0.357. The van der Waals surface area contributed by atoms with E-state index in [2.05, 4.69) is 5.32 Å². The van der Waals surface area contributed by atoms with Gasteiger partial charge in [0.15, 0.2) is 0 Å². The number of carbonyl (C=O) groups excluding carboxylic acids is 2. The summed E-state index contributed by atoms with van der Waals surface area (Å²) >= 11 is 0. The monoisotopic (exact) mass is 276 g/mol. The molecular weight excluding hydrogens is 260 g/mol. The van der Waals surface area contributed by atoms with Crippen LogP contribution in [0, 0.1) is 11.8 Å². The number of nitrogens with two attached hydrogens (primary N) is 1. The number of carboxylic acids is 1. The molecule has 0 bridgehead atoms. The minimum Gasteiger partial charge on any atom is -0.481 e. The van der Waals surface area contributed by atoms with Crippen molar-refractivity contribution in [3.05, 3.63) is 29.8 Å². The first-order valence-electron chi connectivity index (χ1n) is 6.42. The third kappa shape index (κ3) is 2.96. The molecule has 4 N–H and O–H groups in total. The van der Waals surface area contributed by atoms with E-state index in [-0.39, 0.29) is 5.91 Å². The van der Waals surface area contributed by atoms with E-state index < -0.39 is 23.7 Å². The van der Waals surface area contributed by atoms with Gasteiger partial charge in [-0.05, 0) is 37.1 Å². The number of carbonyl (C=O) groups is 3. The van der Waals surface area contributed by atoms with E-state index in [0.29, 0.717) is 24.1 Å². The van der Waals surface area contributed by atoms with Crippen molar-refractivity contribution >= 4 is 23.5 Å². The van der Waals surface area contributed by atoms with Crippen LogP contribution in [0.2, 0.25) is 0 Å². The van der Waals surface area contributed by atoms with E-state index in [1.165, 1.54) is 12.1 Å². The lowest BCUT2D eigenvalue weighted by atomic mass is 9.95. The molecule has 0 unspecified atom stereocenters. The molecule has 6 heteroatoms. The fourth-order valence-corrected chi connectivity index (χ4v) is 2.52. The molecular formula is C14H16N2O4. The number of primary amides is 1. The number of aliphatic carboxylic acids is 1. The Morgan fingerprint density at radius 1 is 1.10 bits per heavy atom. The maximum absolute atomic E-state index is 12.1. The largest absolute Gasteiger partial charge is 0.481 e. The van der Waals surface area contributed by atoms with Gasteiger partial charge in [-0.15, -0.1) is 0 Å². The van der Waals surface area contributed by atoms with Crippen molar-refractivity contribution in [2.24, 2.45) is 17.6 Å². The molecule has 1 fully saturated rings. The van der Waals surface area contributed by atoms with Gasteiger partial charge in [0.2, 0.25) is 11.8 Å². The first kappa shape index (κ1) is 14.0. The van der Waals surface area contributed by atoms with Crippen LogP contribution in [-0.2, 0) is 9.59 Å². The molecule has 2 atom stereocenters. The van der Waals surface area contributed by atoms with Gasteiger partial charge in [-0.25, -0.2) is 0 Å². The highest BCUT2D eigenvalue weighted by atomic mass is 16.4. The van der Waals surface area contributed by atoms with Crippen molar-refractivity contribution in [2.75, 3.05) is 5.32 Å². The third-order valence-corrected chi connectivity index (χ3v) is 3.61. The molecule has 6 nitrogen and oxygen atoms in total. The van der Waals surface area contributed by atoms with Crippen LogP contribution in [0.15, 0.2) is 24.3 Å². The van der Waals surface area contributed by atoms with Crippen molar-refractivity contribution in [1.29, 1.82) is 0 Å². The number of rotatable bonds is 4. The van der Waals surface area contributed by atoms with Gasteiger partial charge in [0.25, 0.3) is 0 Å². The number of hydrogen-bond acceptors (Lipinski definition) is 3. The third-order valence-electron chi connectivity index (χ3n) is 3.61. The normalized spacial score (nSPS) is 21.4. The quantitative estimate of drug-likeness (QED) is 0.768. The SMILES string of the molecule is NC(=O)c1ccc(NC(=O)[C@@H]2CCC[C@@H]2C(=O)O)cc1. The smallest absolute Gasteiger partial charge is 0.307 e. The lowest BCUT2D eigenvalue weighted by Crippen LogP contribution is -2.30. The molecule has 0 aromatic heterocycles. The Kier molecular flexibility index (Phi) is 4.02. The average Bonchev–Trinajstić information content (AvgIpc) is 2.88. The Labute approximate surface area is 116 Å². The maximum atomic E-state index is 12.1. The van der Waals surface area contributed by atoms with Crippen LogP contribution in [-0.4, -0.2) is 22.9 Å². The molecule has 1 aliphatic rings. The molecule has 0 radical (unpaired) electrons. The van der Waals surface area contributed by atoms with Gasteiger partial charge < -0.3 is 16.2 Å². The summed E-state index contributed by atoms with van der Waals surface area (Å²) in [6.07, 6.45) is 1.87. The molecule has 106 valence electrons. The molecule has 0 heterocycles. The summed E-state index contributed by atoms with van der Waals surface area (Å²) in [7, 11) is 0.